The second-order valence-corrected chi connectivity index (χ2v) is 5.03. The van der Waals surface area contributed by atoms with Gasteiger partial charge in [-0.05, 0) is 38.3 Å². The molecule has 2 atom stereocenters. The van der Waals surface area contributed by atoms with E-state index < -0.39 is 6.10 Å². The van der Waals surface area contributed by atoms with Crippen molar-refractivity contribution in [1.82, 2.24) is 5.32 Å². The van der Waals surface area contributed by atoms with Gasteiger partial charge in [-0.25, -0.2) is 0 Å². The monoisotopic (exact) mass is 281 g/mol. The van der Waals surface area contributed by atoms with Crippen molar-refractivity contribution in [2.24, 2.45) is 0 Å². The molecule has 1 rings (SSSR count). The fraction of sp³-hybridized carbons (Fsp3) is 0.625. The van der Waals surface area contributed by atoms with Gasteiger partial charge in [-0.3, -0.25) is 0 Å². The van der Waals surface area contributed by atoms with Gasteiger partial charge in [0, 0.05) is 13.2 Å². The summed E-state index contributed by atoms with van der Waals surface area (Å²) in [5, 5.41) is 21.7. The van der Waals surface area contributed by atoms with E-state index in [9.17, 15) is 5.11 Å². The van der Waals surface area contributed by atoms with Gasteiger partial charge in [0.1, 0.15) is 0 Å². The number of aliphatic hydroxyl groups is 2. The van der Waals surface area contributed by atoms with E-state index in [1.54, 1.807) is 0 Å². The molecule has 0 saturated carbocycles. The molecule has 0 aliphatic carbocycles. The number of rotatable bonds is 11. The second-order valence-electron chi connectivity index (χ2n) is 5.03. The fourth-order valence-corrected chi connectivity index (χ4v) is 1.94. The lowest BCUT2D eigenvalue weighted by molar-refractivity contribution is -0.00197. The minimum absolute atomic E-state index is 0.00426. The molecular weight excluding hydrogens is 254 g/mol. The molecule has 0 aliphatic heterocycles. The van der Waals surface area contributed by atoms with Crippen molar-refractivity contribution in [2.75, 3.05) is 26.3 Å². The first-order chi connectivity index (χ1) is 9.74. The third-order valence-corrected chi connectivity index (χ3v) is 3.20. The average Bonchev–Trinajstić information content (AvgIpc) is 2.49. The minimum Gasteiger partial charge on any atom is -0.396 e. The Labute approximate surface area is 121 Å². The Bertz CT molecular complexity index is 332. The number of ether oxygens (including phenoxy) is 1. The molecule has 4 heteroatoms. The molecule has 114 valence electrons. The van der Waals surface area contributed by atoms with Crippen LogP contribution in [0.25, 0.3) is 0 Å². The lowest BCUT2D eigenvalue weighted by Gasteiger charge is -2.17. The summed E-state index contributed by atoms with van der Waals surface area (Å²) in [5.74, 6) is 0. The Morgan fingerprint density at radius 1 is 1.15 bits per heavy atom. The van der Waals surface area contributed by atoms with E-state index in [1.807, 2.05) is 37.3 Å². The van der Waals surface area contributed by atoms with Crippen LogP contribution in [0.3, 0.4) is 0 Å². The molecule has 0 bridgehead atoms. The third-order valence-electron chi connectivity index (χ3n) is 3.20. The number of hydrogen-bond donors (Lipinski definition) is 3. The molecule has 1 aromatic rings. The van der Waals surface area contributed by atoms with E-state index in [-0.39, 0.29) is 12.7 Å². The van der Waals surface area contributed by atoms with Gasteiger partial charge < -0.3 is 20.3 Å². The van der Waals surface area contributed by atoms with Crippen molar-refractivity contribution in [3.8, 4) is 0 Å². The third kappa shape index (κ3) is 7.60. The van der Waals surface area contributed by atoms with Crippen molar-refractivity contribution >= 4 is 0 Å². The molecule has 0 aliphatic rings. The molecule has 4 nitrogen and oxygen atoms in total. The SMILES string of the molecule is CC(OCC(O)CNCCCCCO)c1ccccc1. The van der Waals surface area contributed by atoms with E-state index in [2.05, 4.69) is 5.32 Å². The molecular formula is C16H27NO3. The smallest absolute Gasteiger partial charge is 0.0897 e. The van der Waals surface area contributed by atoms with Crippen molar-refractivity contribution < 1.29 is 14.9 Å². The first-order valence-electron chi connectivity index (χ1n) is 7.40. The Morgan fingerprint density at radius 3 is 2.60 bits per heavy atom. The Hall–Kier alpha value is -0.940. The van der Waals surface area contributed by atoms with Gasteiger partial charge in [-0.15, -0.1) is 0 Å². The second kappa shape index (κ2) is 10.8. The summed E-state index contributed by atoms with van der Waals surface area (Å²) in [6.07, 6.45) is 2.40. The van der Waals surface area contributed by atoms with Crippen LogP contribution in [-0.4, -0.2) is 42.6 Å². The van der Waals surface area contributed by atoms with Gasteiger partial charge in [-0.2, -0.15) is 0 Å². The van der Waals surface area contributed by atoms with Crippen LogP contribution in [0.1, 0.15) is 37.9 Å². The molecule has 0 spiro atoms. The van der Waals surface area contributed by atoms with E-state index in [1.165, 1.54) is 0 Å². The van der Waals surface area contributed by atoms with Gasteiger partial charge in [-0.1, -0.05) is 30.3 Å². The van der Waals surface area contributed by atoms with Crippen molar-refractivity contribution in [1.29, 1.82) is 0 Å². The first-order valence-corrected chi connectivity index (χ1v) is 7.40. The number of benzene rings is 1. The van der Waals surface area contributed by atoms with Crippen molar-refractivity contribution in [3.63, 3.8) is 0 Å². The normalized spacial score (nSPS) is 14.2. The standard InChI is InChI=1S/C16H27NO3/c1-14(15-8-4-2-5-9-15)20-13-16(19)12-17-10-6-3-7-11-18/h2,4-5,8-9,14,16-19H,3,6-7,10-13H2,1H3. The van der Waals surface area contributed by atoms with Crippen LogP contribution in [0.2, 0.25) is 0 Å². The predicted octanol–water partition coefficient (Wildman–Crippen LogP) is 1.88. The van der Waals surface area contributed by atoms with E-state index in [0.717, 1.165) is 31.4 Å². The Kier molecular flexibility index (Phi) is 9.24. The molecule has 1 aromatic carbocycles. The van der Waals surface area contributed by atoms with Gasteiger partial charge in [0.15, 0.2) is 0 Å². The zero-order valence-corrected chi connectivity index (χ0v) is 12.3. The molecule has 20 heavy (non-hydrogen) atoms. The average molecular weight is 281 g/mol. The molecule has 2 unspecified atom stereocenters. The summed E-state index contributed by atoms with van der Waals surface area (Å²) in [4.78, 5) is 0. The van der Waals surface area contributed by atoms with Gasteiger partial charge in [0.05, 0.1) is 18.8 Å². The zero-order chi connectivity index (χ0) is 14.6. The molecule has 0 aromatic heterocycles. The molecule has 0 saturated heterocycles. The highest BCUT2D eigenvalue weighted by Gasteiger charge is 2.09. The lowest BCUT2D eigenvalue weighted by Crippen LogP contribution is -2.31. The summed E-state index contributed by atoms with van der Waals surface area (Å²) >= 11 is 0. The fourth-order valence-electron chi connectivity index (χ4n) is 1.94. The zero-order valence-electron chi connectivity index (χ0n) is 12.3. The summed E-state index contributed by atoms with van der Waals surface area (Å²) in [6, 6.07) is 10.00. The van der Waals surface area contributed by atoms with Gasteiger partial charge in [0.25, 0.3) is 0 Å². The Balaban J connectivity index is 2.06. The molecule has 0 fully saturated rings. The molecule has 0 heterocycles. The van der Waals surface area contributed by atoms with Crippen LogP contribution >= 0.6 is 0 Å². The number of aliphatic hydroxyl groups excluding tert-OH is 2. The predicted molar refractivity (Wildman–Crippen MR) is 80.6 cm³/mol. The maximum atomic E-state index is 9.82. The van der Waals surface area contributed by atoms with Crippen LogP contribution < -0.4 is 5.32 Å². The Morgan fingerprint density at radius 2 is 1.90 bits per heavy atom. The summed E-state index contributed by atoms with van der Waals surface area (Å²) in [7, 11) is 0. The highest BCUT2D eigenvalue weighted by molar-refractivity contribution is 5.16. The highest BCUT2D eigenvalue weighted by atomic mass is 16.5. The first kappa shape index (κ1) is 17.1. The molecule has 0 radical (unpaired) electrons. The van der Waals surface area contributed by atoms with Gasteiger partial charge in [0.2, 0.25) is 0 Å². The molecule has 0 amide bonds. The highest BCUT2D eigenvalue weighted by Crippen LogP contribution is 2.15. The lowest BCUT2D eigenvalue weighted by atomic mass is 10.1. The van der Waals surface area contributed by atoms with E-state index in [0.29, 0.717) is 13.2 Å². The summed E-state index contributed by atoms with van der Waals surface area (Å²) in [5.41, 5.74) is 1.12. The van der Waals surface area contributed by atoms with Crippen LogP contribution in [0.15, 0.2) is 30.3 Å². The van der Waals surface area contributed by atoms with Crippen LogP contribution in [0.5, 0.6) is 0 Å². The summed E-state index contributed by atoms with van der Waals surface area (Å²) < 4.78 is 5.66. The van der Waals surface area contributed by atoms with Gasteiger partial charge >= 0.3 is 0 Å². The van der Waals surface area contributed by atoms with Crippen molar-refractivity contribution in [3.05, 3.63) is 35.9 Å². The minimum atomic E-state index is -0.487. The molecule has 3 N–H and O–H groups in total. The number of nitrogens with one attached hydrogen (secondary N) is 1. The number of unbranched alkanes of at least 4 members (excludes halogenated alkanes) is 2. The quantitative estimate of drug-likeness (QED) is 0.542. The van der Waals surface area contributed by atoms with Crippen molar-refractivity contribution in [2.45, 2.75) is 38.4 Å². The largest absolute Gasteiger partial charge is 0.396 e. The summed E-state index contributed by atoms with van der Waals surface area (Å²) in [6.45, 7) is 3.99. The van der Waals surface area contributed by atoms with Crippen LogP contribution in [0, 0.1) is 0 Å². The maximum absolute atomic E-state index is 9.82. The van der Waals surface area contributed by atoms with Crippen LogP contribution in [0.4, 0.5) is 0 Å². The van der Waals surface area contributed by atoms with E-state index >= 15 is 0 Å². The van der Waals surface area contributed by atoms with E-state index in [4.69, 9.17) is 9.84 Å². The number of hydrogen-bond acceptors (Lipinski definition) is 4. The topological polar surface area (TPSA) is 61.7 Å². The van der Waals surface area contributed by atoms with Crippen LogP contribution in [-0.2, 0) is 4.74 Å². The maximum Gasteiger partial charge on any atom is 0.0897 e.